The quantitative estimate of drug-likeness (QED) is 0.674. The number of hydrogen-bond acceptors (Lipinski definition) is 3. The Labute approximate surface area is 148 Å². The summed E-state index contributed by atoms with van der Waals surface area (Å²) >= 11 is 0. The van der Waals surface area contributed by atoms with Crippen LogP contribution in [-0.2, 0) is 27.7 Å². The first kappa shape index (κ1) is 18.9. The molecule has 0 radical (unpaired) electrons. The summed E-state index contributed by atoms with van der Waals surface area (Å²) in [5, 5.41) is 8.59. The smallest absolute Gasteiger partial charge is 0.328 e. The zero-order chi connectivity index (χ0) is 18.1. The lowest BCUT2D eigenvalue weighted by Gasteiger charge is -2.07. The number of benzene rings is 2. The van der Waals surface area contributed by atoms with Crippen LogP contribution in [-0.4, -0.2) is 31.8 Å². The Bertz CT molecular complexity index is 812. The molecule has 0 saturated heterocycles. The van der Waals surface area contributed by atoms with Crippen LogP contribution in [0.4, 0.5) is 0 Å². The molecule has 132 valence electrons. The van der Waals surface area contributed by atoms with Crippen LogP contribution in [0, 0.1) is 0 Å². The van der Waals surface area contributed by atoms with E-state index in [-0.39, 0.29) is 5.75 Å². The average Bonchev–Trinajstić information content (AvgIpc) is 2.60. The molecule has 0 heterocycles. The van der Waals surface area contributed by atoms with Crippen LogP contribution < -0.4 is 4.72 Å². The molecule has 0 aliphatic rings. The third-order valence-electron chi connectivity index (χ3n) is 3.64. The molecule has 25 heavy (non-hydrogen) atoms. The number of nitrogens with one attached hydrogen (secondary N) is 1. The van der Waals surface area contributed by atoms with E-state index in [0.717, 1.165) is 22.8 Å². The third kappa shape index (κ3) is 7.32. The van der Waals surface area contributed by atoms with E-state index < -0.39 is 16.0 Å². The minimum atomic E-state index is -3.30. The molecule has 0 fully saturated rings. The number of carboxylic acid groups (broad SMARTS) is 1. The van der Waals surface area contributed by atoms with Crippen molar-refractivity contribution >= 4 is 22.1 Å². The van der Waals surface area contributed by atoms with Gasteiger partial charge in [-0.1, -0.05) is 54.6 Å². The summed E-state index contributed by atoms with van der Waals surface area (Å²) in [7, 11) is -3.30. The third-order valence-corrected chi connectivity index (χ3v) is 5.02. The van der Waals surface area contributed by atoms with Crippen molar-refractivity contribution in [3.05, 3.63) is 77.4 Å². The van der Waals surface area contributed by atoms with E-state index >= 15 is 0 Å². The zero-order valence-electron chi connectivity index (χ0n) is 13.8. The first-order chi connectivity index (χ1) is 11.9. The molecule has 0 aliphatic carbocycles. The molecule has 0 saturated carbocycles. The lowest BCUT2D eigenvalue weighted by atomic mass is 10.1. The van der Waals surface area contributed by atoms with E-state index in [9.17, 15) is 13.2 Å². The van der Waals surface area contributed by atoms with E-state index in [1.807, 2.05) is 42.5 Å². The van der Waals surface area contributed by atoms with Crippen molar-refractivity contribution in [1.29, 1.82) is 0 Å². The van der Waals surface area contributed by atoms with Crippen LogP contribution in [0.25, 0.3) is 6.08 Å². The van der Waals surface area contributed by atoms with E-state index in [4.69, 9.17) is 5.11 Å². The largest absolute Gasteiger partial charge is 0.478 e. The van der Waals surface area contributed by atoms with Gasteiger partial charge in [-0.3, -0.25) is 0 Å². The lowest BCUT2D eigenvalue weighted by molar-refractivity contribution is -0.131. The highest BCUT2D eigenvalue weighted by Gasteiger charge is 2.09. The summed E-state index contributed by atoms with van der Waals surface area (Å²) in [6.45, 7) is 0.335. The van der Waals surface area contributed by atoms with Gasteiger partial charge in [0.15, 0.2) is 0 Å². The number of aryl methyl sites for hydroxylation is 1. The van der Waals surface area contributed by atoms with Gasteiger partial charge in [0.05, 0.1) is 5.75 Å². The fourth-order valence-electron chi connectivity index (χ4n) is 2.28. The Hall–Kier alpha value is -2.44. The second-order valence-electron chi connectivity index (χ2n) is 5.61. The Morgan fingerprint density at radius 2 is 1.60 bits per heavy atom. The molecule has 2 N–H and O–H groups in total. The van der Waals surface area contributed by atoms with Crippen molar-refractivity contribution in [1.82, 2.24) is 4.72 Å². The number of carboxylic acids is 1. The van der Waals surface area contributed by atoms with E-state index in [0.29, 0.717) is 19.4 Å². The highest BCUT2D eigenvalue weighted by Crippen LogP contribution is 2.07. The Kier molecular flexibility index (Phi) is 6.91. The summed E-state index contributed by atoms with van der Waals surface area (Å²) in [6.07, 6.45) is 3.66. The van der Waals surface area contributed by atoms with Crippen molar-refractivity contribution in [2.75, 3.05) is 12.3 Å². The maximum Gasteiger partial charge on any atom is 0.328 e. The monoisotopic (exact) mass is 359 g/mol. The van der Waals surface area contributed by atoms with E-state index in [1.54, 1.807) is 12.1 Å². The molecule has 2 rings (SSSR count). The Morgan fingerprint density at radius 3 is 2.24 bits per heavy atom. The van der Waals surface area contributed by atoms with Crippen LogP contribution in [0.1, 0.15) is 16.7 Å². The molecular formula is C19H21NO4S. The van der Waals surface area contributed by atoms with Gasteiger partial charge in [-0.15, -0.1) is 0 Å². The second-order valence-corrected chi connectivity index (χ2v) is 7.54. The fourth-order valence-corrected chi connectivity index (χ4v) is 3.34. The zero-order valence-corrected chi connectivity index (χ0v) is 14.6. The van der Waals surface area contributed by atoms with Gasteiger partial charge in [0.2, 0.25) is 10.0 Å². The van der Waals surface area contributed by atoms with Crippen molar-refractivity contribution in [3.63, 3.8) is 0 Å². The summed E-state index contributed by atoms with van der Waals surface area (Å²) in [5.41, 5.74) is 2.77. The van der Waals surface area contributed by atoms with Gasteiger partial charge in [0.25, 0.3) is 0 Å². The summed E-state index contributed by atoms with van der Waals surface area (Å²) < 4.78 is 26.7. The van der Waals surface area contributed by atoms with Gasteiger partial charge in [-0.2, -0.15) is 0 Å². The maximum atomic E-state index is 12.0. The highest BCUT2D eigenvalue weighted by molar-refractivity contribution is 7.89. The molecule has 5 nitrogen and oxygen atoms in total. The number of hydrogen-bond donors (Lipinski definition) is 2. The van der Waals surface area contributed by atoms with Crippen LogP contribution in [0.2, 0.25) is 0 Å². The van der Waals surface area contributed by atoms with Crippen molar-refractivity contribution in [3.8, 4) is 0 Å². The minimum Gasteiger partial charge on any atom is -0.478 e. The normalized spacial score (nSPS) is 11.7. The molecule has 0 aliphatic heterocycles. The second kappa shape index (κ2) is 9.15. The first-order valence-electron chi connectivity index (χ1n) is 7.96. The number of sulfonamides is 1. The molecule has 0 unspecified atom stereocenters. The van der Waals surface area contributed by atoms with E-state index in [1.165, 1.54) is 6.08 Å². The Morgan fingerprint density at radius 1 is 0.960 bits per heavy atom. The SMILES string of the molecule is O=C(O)C=Cc1ccc(CCNS(=O)(=O)CCc2ccccc2)cc1. The van der Waals surface area contributed by atoms with Crippen molar-refractivity contribution in [2.45, 2.75) is 12.8 Å². The molecular weight excluding hydrogens is 338 g/mol. The number of aliphatic carboxylic acids is 1. The summed E-state index contributed by atoms with van der Waals surface area (Å²) in [6, 6.07) is 16.8. The molecule has 0 atom stereocenters. The van der Waals surface area contributed by atoms with Gasteiger partial charge in [-0.05, 0) is 35.6 Å². The predicted octanol–water partition coefficient (Wildman–Crippen LogP) is 2.49. The standard InChI is InChI=1S/C19H21NO4S/c21-19(22)11-10-17-6-8-18(9-7-17)12-14-20-25(23,24)15-13-16-4-2-1-3-5-16/h1-11,20H,12-15H2,(H,21,22). The van der Waals surface area contributed by atoms with Crippen molar-refractivity contribution < 1.29 is 18.3 Å². The number of carbonyl (C=O) groups is 1. The predicted molar refractivity (Wildman–Crippen MR) is 98.8 cm³/mol. The van der Waals surface area contributed by atoms with Gasteiger partial charge < -0.3 is 5.11 Å². The van der Waals surface area contributed by atoms with Gasteiger partial charge in [-0.25, -0.2) is 17.9 Å². The van der Waals surface area contributed by atoms with Crippen molar-refractivity contribution in [2.24, 2.45) is 0 Å². The van der Waals surface area contributed by atoms with Gasteiger partial charge in [0.1, 0.15) is 0 Å². The maximum absolute atomic E-state index is 12.0. The molecule has 2 aromatic carbocycles. The fraction of sp³-hybridized carbons (Fsp3) is 0.211. The molecule has 0 spiro atoms. The molecule has 6 heteroatoms. The first-order valence-corrected chi connectivity index (χ1v) is 9.61. The van der Waals surface area contributed by atoms with Crippen LogP contribution in [0.3, 0.4) is 0 Å². The lowest BCUT2D eigenvalue weighted by Crippen LogP contribution is -2.29. The molecule has 0 aromatic heterocycles. The molecule has 0 amide bonds. The van der Waals surface area contributed by atoms with Crippen LogP contribution in [0.5, 0.6) is 0 Å². The highest BCUT2D eigenvalue weighted by atomic mass is 32.2. The number of rotatable bonds is 9. The molecule has 2 aromatic rings. The van der Waals surface area contributed by atoms with Gasteiger partial charge >= 0.3 is 5.97 Å². The van der Waals surface area contributed by atoms with Gasteiger partial charge in [0, 0.05) is 12.6 Å². The topological polar surface area (TPSA) is 83.5 Å². The van der Waals surface area contributed by atoms with E-state index in [2.05, 4.69) is 4.72 Å². The average molecular weight is 359 g/mol. The summed E-state index contributed by atoms with van der Waals surface area (Å²) in [4.78, 5) is 10.5. The Balaban J connectivity index is 1.78. The minimum absolute atomic E-state index is 0.0654. The van der Waals surface area contributed by atoms with Crippen LogP contribution >= 0.6 is 0 Å². The molecule has 0 bridgehead atoms. The summed E-state index contributed by atoms with van der Waals surface area (Å²) in [5.74, 6) is -0.926. The van der Waals surface area contributed by atoms with Crippen LogP contribution in [0.15, 0.2) is 60.7 Å².